The van der Waals surface area contributed by atoms with Gasteiger partial charge < -0.3 is 0 Å². The maximum Gasteiger partial charge on any atom is 0.122 e. The Morgan fingerprint density at radius 3 is 2.47 bits per heavy atom. The van der Waals surface area contributed by atoms with Crippen LogP contribution < -0.4 is 0 Å². The van der Waals surface area contributed by atoms with Gasteiger partial charge in [0.2, 0.25) is 0 Å². The Balaban J connectivity index is 3.99. The maximum absolute atomic E-state index is 2.43. The molecule has 1 unspecified atom stereocenters. The van der Waals surface area contributed by atoms with E-state index >= 15 is 0 Å². The molecule has 0 amide bonds. The first-order valence-electron chi connectivity index (χ1n) is 6.18. The van der Waals surface area contributed by atoms with Crippen molar-refractivity contribution in [2.45, 2.75) is 59.1 Å². The van der Waals surface area contributed by atoms with Gasteiger partial charge in [0.25, 0.3) is 0 Å². The first kappa shape index (κ1) is 14.5. The molecule has 0 spiro atoms. The second-order valence-corrected chi connectivity index (χ2v) is 4.91. The van der Waals surface area contributed by atoms with Crippen molar-refractivity contribution in [3.8, 4) is 0 Å². The van der Waals surface area contributed by atoms with E-state index in [1.165, 1.54) is 19.2 Å². The van der Waals surface area contributed by atoms with Crippen molar-refractivity contribution < 1.29 is 0 Å². The predicted octanol–water partition coefficient (Wildman–Crippen LogP) is 4.88. The zero-order valence-corrected chi connectivity index (χ0v) is 11.1. The summed E-state index contributed by atoms with van der Waals surface area (Å²) in [6, 6.07) is 0. The molecule has 0 aromatic carbocycles. The van der Waals surface area contributed by atoms with E-state index in [1.54, 1.807) is 0 Å². The highest BCUT2D eigenvalue weighted by atomic mass is 14.1. The number of rotatable bonds is 7. The molecular weight excluding hydrogens is 179 g/mol. The van der Waals surface area contributed by atoms with E-state index in [0.29, 0.717) is 5.92 Å². The monoisotopic (exact) mass is 205 g/mol. The molecule has 15 heavy (non-hydrogen) atoms. The van der Waals surface area contributed by atoms with Crippen LogP contribution >= 0.6 is 0 Å². The fraction of sp³-hybridized carbons (Fsp3) is 0.714. The van der Waals surface area contributed by atoms with Crippen LogP contribution in [-0.4, -0.2) is 7.28 Å². The molecule has 85 valence electrons. The van der Waals surface area contributed by atoms with E-state index in [-0.39, 0.29) is 5.31 Å². The van der Waals surface area contributed by atoms with Gasteiger partial charge in [-0.15, -0.1) is 0 Å². The normalized spacial score (nSPS) is 15.0. The van der Waals surface area contributed by atoms with Gasteiger partial charge in [-0.05, 0) is 18.2 Å². The van der Waals surface area contributed by atoms with Gasteiger partial charge in [0.15, 0.2) is 0 Å². The first-order valence-corrected chi connectivity index (χ1v) is 6.18. The molecule has 1 radical (unpaired) electrons. The molecule has 0 bridgehead atoms. The average Bonchev–Trinajstić information content (AvgIpc) is 2.16. The Morgan fingerprint density at radius 1 is 1.27 bits per heavy atom. The Labute approximate surface area is 97.1 Å². The van der Waals surface area contributed by atoms with Crippen molar-refractivity contribution in [1.29, 1.82) is 0 Å². The van der Waals surface area contributed by atoms with Crippen molar-refractivity contribution in [1.82, 2.24) is 0 Å². The van der Waals surface area contributed by atoms with Crippen LogP contribution in [0.1, 0.15) is 47.5 Å². The number of hydrogen-bond donors (Lipinski definition) is 0. The van der Waals surface area contributed by atoms with Gasteiger partial charge in [0.05, 0.1) is 0 Å². The lowest BCUT2D eigenvalue weighted by Crippen LogP contribution is -2.09. The molecule has 0 aliphatic rings. The van der Waals surface area contributed by atoms with E-state index in [9.17, 15) is 0 Å². The second kappa shape index (κ2) is 7.79. The highest BCUT2D eigenvalue weighted by Gasteiger charge is 2.14. The summed E-state index contributed by atoms with van der Waals surface area (Å²) in [6.45, 7) is 11.1. The second-order valence-electron chi connectivity index (χ2n) is 4.91. The fourth-order valence-corrected chi connectivity index (χ4v) is 1.51. The van der Waals surface area contributed by atoms with Gasteiger partial charge in [-0.1, -0.05) is 71.2 Å². The van der Waals surface area contributed by atoms with Gasteiger partial charge >= 0.3 is 0 Å². The van der Waals surface area contributed by atoms with Crippen molar-refractivity contribution in [2.75, 3.05) is 0 Å². The van der Waals surface area contributed by atoms with E-state index < -0.39 is 0 Å². The van der Waals surface area contributed by atoms with Crippen molar-refractivity contribution >= 4 is 7.28 Å². The Kier molecular flexibility index (Phi) is 7.55. The molecule has 0 saturated carbocycles. The summed E-state index contributed by atoms with van der Waals surface area (Å²) in [5, 5.41) is 0.241. The van der Waals surface area contributed by atoms with Crippen LogP contribution in [0.3, 0.4) is 0 Å². The lowest BCUT2D eigenvalue weighted by atomic mass is 9.51. The molecule has 0 heterocycles. The van der Waals surface area contributed by atoms with Crippen molar-refractivity contribution in [3.05, 3.63) is 24.3 Å². The van der Waals surface area contributed by atoms with Gasteiger partial charge in [-0.2, -0.15) is 0 Å². The molecule has 0 rings (SSSR count). The molecule has 0 N–H and O–H groups in total. The largest absolute Gasteiger partial charge is 0.122 e. The summed E-state index contributed by atoms with van der Waals surface area (Å²) in [5.41, 5.74) is 0. The average molecular weight is 205 g/mol. The van der Waals surface area contributed by atoms with E-state index in [1.807, 2.05) is 0 Å². The quantitative estimate of drug-likeness (QED) is 0.316. The first-order chi connectivity index (χ1) is 7.02. The van der Waals surface area contributed by atoms with Gasteiger partial charge in [0, 0.05) is 0 Å². The molecule has 0 aromatic heterocycles. The lowest BCUT2D eigenvalue weighted by molar-refractivity contribution is 0.797. The van der Waals surface area contributed by atoms with Gasteiger partial charge in [-0.25, -0.2) is 0 Å². The molecule has 0 aromatic rings. The summed E-state index contributed by atoms with van der Waals surface area (Å²) >= 11 is 0. The van der Waals surface area contributed by atoms with Crippen molar-refractivity contribution in [2.24, 2.45) is 5.92 Å². The van der Waals surface area contributed by atoms with Crippen LogP contribution in [0, 0.1) is 5.92 Å². The SMILES string of the molecule is CC=CC(C)C=CC(C)(C)[B]CCCC. The molecular formula is C14H26B. The third-order valence-corrected chi connectivity index (χ3v) is 2.55. The Hall–Kier alpha value is -0.455. The number of hydrogen-bond acceptors (Lipinski definition) is 0. The number of allylic oxidation sites excluding steroid dienone is 4. The van der Waals surface area contributed by atoms with Crippen LogP contribution in [0.2, 0.25) is 11.6 Å². The van der Waals surface area contributed by atoms with E-state index in [2.05, 4.69) is 66.2 Å². The van der Waals surface area contributed by atoms with Crippen LogP contribution in [-0.2, 0) is 0 Å². The predicted molar refractivity (Wildman–Crippen MR) is 72.6 cm³/mol. The minimum absolute atomic E-state index is 0.241. The summed E-state index contributed by atoms with van der Waals surface area (Å²) in [6.07, 6.45) is 12.8. The van der Waals surface area contributed by atoms with Crippen LogP contribution in [0.25, 0.3) is 0 Å². The lowest BCUT2D eigenvalue weighted by Gasteiger charge is -2.19. The summed E-state index contributed by atoms with van der Waals surface area (Å²) in [7, 11) is 2.43. The molecule has 1 atom stereocenters. The maximum atomic E-state index is 2.43. The summed E-state index contributed by atoms with van der Waals surface area (Å²) in [5.74, 6) is 0.550. The molecule has 0 fully saturated rings. The minimum atomic E-state index is 0.241. The molecule has 0 saturated heterocycles. The summed E-state index contributed by atoms with van der Waals surface area (Å²) < 4.78 is 0. The smallest absolute Gasteiger partial charge is 0.0911 e. The van der Waals surface area contributed by atoms with Crippen LogP contribution in [0.5, 0.6) is 0 Å². The number of unbranched alkanes of at least 4 members (excludes halogenated alkanes) is 1. The molecule has 0 aliphatic heterocycles. The van der Waals surface area contributed by atoms with Crippen molar-refractivity contribution in [3.63, 3.8) is 0 Å². The zero-order chi connectivity index (χ0) is 11.7. The third-order valence-electron chi connectivity index (χ3n) is 2.55. The Bertz CT molecular complexity index is 201. The van der Waals surface area contributed by atoms with E-state index in [0.717, 1.165) is 0 Å². The molecule has 0 aliphatic carbocycles. The van der Waals surface area contributed by atoms with Gasteiger partial charge in [0.1, 0.15) is 7.28 Å². The van der Waals surface area contributed by atoms with Crippen LogP contribution in [0.4, 0.5) is 0 Å². The van der Waals surface area contributed by atoms with Crippen LogP contribution in [0.15, 0.2) is 24.3 Å². The minimum Gasteiger partial charge on any atom is -0.0911 e. The topological polar surface area (TPSA) is 0 Å². The molecule has 0 nitrogen and oxygen atoms in total. The highest BCUT2D eigenvalue weighted by Crippen LogP contribution is 2.27. The van der Waals surface area contributed by atoms with E-state index in [4.69, 9.17) is 0 Å². The molecule has 1 heteroatoms. The zero-order valence-electron chi connectivity index (χ0n) is 11.1. The van der Waals surface area contributed by atoms with Gasteiger partial charge in [-0.3, -0.25) is 0 Å². The highest BCUT2D eigenvalue weighted by molar-refractivity contribution is 6.40. The third kappa shape index (κ3) is 8.53. The Morgan fingerprint density at radius 2 is 1.93 bits per heavy atom. The fourth-order valence-electron chi connectivity index (χ4n) is 1.51. The standard InChI is InChI=1S/C14H26B/c1-6-8-12-15-14(4,5)11-10-13(3)9-7-2/h7,9-11,13H,6,8,12H2,1-5H3. The summed E-state index contributed by atoms with van der Waals surface area (Å²) in [4.78, 5) is 0.